The highest BCUT2D eigenvalue weighted by Crippen LogP contribution is 2.30. The summed E-state index contributed by atoms with van der Waals surface area (Å²) in [7, 11) is 3.18. The molecule has 0 spiro atoms. The molecule has 0 saturated heterocycles. The molecule has 126 valence electrons. The molecule has 0 aliphatic rings. The van der Waals surface area contributed by atoms with Gasteiger partial charge in [-0.05, 0) is 53.6 Å². The number of fused-ring (bicyclic) bond motifs is 1. The number of hydrogen-bond donors (Lipinski definition) is 2. The van der Waals surface area contributed by atoms with Crippen LogP contribution in [0.4, 0.5) is 0 Å². The standard InChI is InChI=1S/C20H18N2O3/c1-24-16-3-4-20-18(9-16)19(11-22-20)15(10-21)6-13-5-14(12-23)8-17(7-13)25-2/h3-9,11,22-23H,12H2,1-2H3/b15-6+. The van der Waals surface area contributed by atoms with Crippen molar-refractivity contribution in [1.82, 2.24) is 4.98 Å². The summed E-state index contributed by atoms with van der Waals surface area (Å²) < 4.78 is 10.5. The number of aromatic nitrogens is 1. The lowest BCUT2D eigenvalue weighted by Gasteiger charge is -2.06. The van der Waals surface area contributed by atoms with Crippen molar-refractivity contribution in [2.45, 2.75) is 6.61 Å². The van der Waals surface area contributed by atoms with Crippen LogP contribution in [-0.2, 0) is 6.61 Å². The Bertz CT molecular complexity index is 958. The van der Waals surface area contributed by atoms with Crippen LogP contribution in [-0.4, -0.2) is 24.3 Å². The van der Waals surface area contributed by atoms with Crippen molar-refractivity contribution in [3.63, 3.8) is 0 Å². The zero-order valence-corrected chi connectivity index (χ0v) is 14.0. The van der Waals surface area contributed by atoms with Crippen LogP contribution in [0.5, 0.6) is 11.5 Å². The van der Waals surface area contributed by atoms with Gasteiger partial charge in [0.1, 0.15) is 11.5 Å². The van der Waals surface area contributed by atoms with E-state index in [4.69, 9.17) is 9.47 Å². The molecule has 0 fully saturated rings. The average Bonchev–Trinajstić information content (AvgIpc) is 3.08. The lowest BCUT2D eigenvalue weighted by Crippen LogP contribution is -1.90. The third-order valence-electron chi connectivity index (χ3n) is 4.02. The molecule has 0 unspecified atom stereocenters. The summed E-state index contributed by atoms with van der Waals surface area (Å²) in [4.78, 5) is 3.17. The number of allylic oxidation sites excluding steroid dienone is 1. The van der Waals surface area contributed by atoms with Crippen LogP contribution < -0.4 is 9.47 Å². The summed E-state index contributed by atoms with van der Waals surface area (Å²) >= 11 is 0. The Kier molecular flexibility index (Phi) is 4.73. The van der Waals surface area contributed by atoms with Crippen LogP contribution in [0.2, 0.25) is 0 Å². The molecule has 5 nitrogen and oxygen atoms in total. The van der Waals surface area contributed by atoms with Gasteiger partial charge < -0.3 is 19.6 Å². The van der Waals surface area contributed by atoms with Gasteiger partial charge in [0.15, 0.2) is 0 Å². The molecule has 0 bridgehead atoms. The Morgan fingerprint density at radius 1 is 1.16 bits per heavy atom. The van der Waals surface area contributed by atoms with Gasteiger partial charge in [0, 0.05) is 22.7 Å². The van der Waals surface area contributed by atoms with Gasteiger partial charge in [-0.25, -0.2) is 0 Å². The van der Waals surface area contributed by atoms with Crippen molar-refractivity contribution < 1.29 is 14.6 Å². The predicted molar refractivity (Wildman–Crippen MR) is 97.3 cm³/mol. The van der Waals surface area contributed by atoms with Crippen LogP contribution in [0, 0.1) is 11.3 Å². The van der Waals surface area contributed by atoms with Gasteiger partial charge in [-0.3, -0.25) is 0 Å². The first-order chi connectivity index (χ1) is 12.2. The Labute approximate surface area is 145 Å². The molecule has 3 aromatic rings. The third-order valence-corrected chi connectivity index (χ3v) is 4.02. The van der Waals surface area contributed by atoms with Gasteiger partial charge in [-0.15, -0.1) is 0 Å². The van der Waals surface area contributed by atoms with Gasteiger partial charge in [-0.1, -0.05) is 0 Å². The molecule has 0 amide bonds. The lowest BCUT2D eigenvalue weighted by atomic mass is 10.0. The highest BCUT2D eigenvalue weighted by Gasteiger charge is 2.10. The van der Waals surface area contributed by atoms with E-state index in [9.17, 15) is 10.4 Å². The molecule has 0 saturated carbocycles. The molecular formula is C20H18N2O3. The van der Waals surface area contributed by atoms with Crippen LogP contribution in [0.15, 0.2) is 42.6 Å². The fraction of sp³-hybridized carbons (Fsp3) is 0.150. The van der Waals surface area contributed by atoms with Crippen molar-refractivity contribution in [1.29, 1.82) is 5.26 Å². The van der Waals surface area contributed by atoms with Gasteiger partial charge in [0.25, 0.3) is 0 Å². The topological polar surface area (TPSA) is 78.3 Å². The predicted octanol–water partition coefficient (Wildman–Crippen LogP) is 3.74. The van der Waals surface area contributed by atoms with Crippen molar-refractivity contribution >= 4 is 22.6 Å². The van der Waals surface area contributed by atoms with Gasteiger partial charge in [0.05, 0.1) is 32.5 Å². The Balaban J connectivity index is 2.12. The summed E-state index contributed by atoms with van der Waals surface area (Å²) in [5.41, 5.74) is 3.75. The molecule has 25 heavy (non-hydrogen) atoms. The number of nitrogens with one attached hydrogen (secondary N) is 1. The molecule has 0 atom stereocenters. The van der Waals surface area contributed by atoms with E-state index in [0.29, 0.717) is 11.3 Å². The van der Waals surface area contributed by atoms with Crippen molar-refractivity contribution in [3.05, 3.63) is 59.3 Å². The first-order valence-corrected chi connectivity index (χ1v) is 7.74. The van der Waals surface area contributed by atoms with E-state index in [1.807, 2.05) is 36.5 Å². The average molecular weight is 334 g/mol. The van der Waals surface area contributed by atoms with E-state index in [1.165, 1.54) is 0 Å². The summed E-state index contributed by atoms with van der Waals surface area (Å²) in [6.45, 7) is -0.0930. The monoisotopic (exact) mass is 334 g/mol. The van der Waals surface area contributed by atoms with E-state index in [2.05, 4.69) is 11.1 Å². The number of aliphatic hydroxyl groups is 1. The van der Waals surface area contributed by atoms with E-state index < -0.39 is 0 Å². The van der Waals surface area contributed by atoms with E-state index in [1.54, 1.807) is 26.4 Å². The largest absolute Gasteiger partial charge is 0.497 e. The third kappa shape index (κ3) is 3.35. The molecule has 5 heteroatoms. The van der Waals surface area contributed by atoms with Crippen LogP contribution in [0.3, 0.4) is 0 Å². The number of rotatable bonds is 5. The van der Waals surface area contributed by atoms with Crippen molar-refractivity contribution in [2.24, 2.45) is 0 Å². The summed E-state index contributed by atoms with van der Waals surface area (Å²) in [6, 6.07) is 13.4. The van der Waals surface area contributed by atoms with Crippen LogP contribution in [0.1, 0.15) is 16.7 Å². The summed E-state index contributed by atoms with van der Waals surface area (Å²) in [6.07, 6.45) is 3.59. The zero-order valence-electron chi connectivity index (χ0n) is 14.0. The van der Waals surface area contributed by atoms with Gasteiger partial charge >= 0.3 is 0 Å². The van der Waals surface area contributed by atoms with Crippen molar-refractivity contribution in [2.75, 3.05) is 14.2 Å². The minimum absolute atomic E-state index is 0.0930. The molecule has 0 aliphatic heterocycles. The highest BCUT2D eigenvalue weighted by molar-refractivity contribution is 6.01. The maximum atomic E-state index is 9.65. The number of ether oxygens (including phenoxy) is 2. The number of benzene rings is 2. The second-order valence-electron chi connectivity index (χ2n) is 5.56. The fourth-order valence-electron chi connectivity index (χ4n) is 2.77. The number of H-pyrrole nitrogens is 1. The van der Waals surface area contributed by atoms with E-state index in [0.717, 1.165) is 33.3 Å². The minimum atomic E-state index is -0.0930. The lowest BCUT2D eigenvalue weighted by molar-refractivity contribution is 0.281. The molecule has 1 aromatic heterocycles. The first kappa shape index (κ1) is 16.6. The van der Waals surface area contributed by atoms with Crippen molar-refractivity contribution in [3.8, 4) is 17.6 Å². The molecular weight excluding hydrogens is 316 g/mol. The smallest absolute Gasteiger partial charge is 0.119 e. The molecule has 2 N–H and O–H groups in total. The zero-order chi connectivity index (χ0) is 17.8. The number of aromatic amines is 1. The molecule has 0 radical (unpaired) electrons. The van der Waals surface area contributed by atoms with E-state index >= 15 is 0 Å². The highest BCUT2D eigenvalue weighted by atomic mass is 16.5. The number of aliphatic hydroxyl groups excluding tert-OH is 1. The van der Waals surface area contributed by atoms with Gasteiger partial charge in [-0.2, -0.15) is 5.26 Å². The molecule has 2 aromatic carbocycles. The minimum Gasteiger partial charge on any atom is -0.497 e. The quantitative estimate of drug-likeness (QED) is 0.697. The summed E-state index contributed by atoms with van der Waals surface area (Å²) in [5.74, 6) is 1.37. The fourth-order valence-corrected chi connectivity index (χ4v) is 2.77. The maximum absolute atomic E-state index is 9.65. The summed E-state index contributed by atoms with van der Waals surface area (Å²) in [5, 5.41) is 20.0. The Morgan fingerprint density at radius 2 is 1.96 bits per heavy atom. The number of nitriles is 1. The Morgan fingerprint density at radius 3 is 2.64 bits per heavy atom. The normalized spacial score (nSPS) is 11.4. The molecule has 3 rings (SSSR count). The molecule has 1 heterocycles. The number of hydrogen-bond acceptors (Lipinski definition) is 4. The molecule has 0 aliphatic carbocycles. The SMILES string of the molecule is COc1cc(/C=C(\C#N)c2c[nH]c3ccc(OC)cc23)cc(CO)c1. The van der Waals surface area contributed by atoms with E-state index in [-0.39, 0.29) is 6.61 Å². The number of methoxy groups -OCH3 is 2. The van der Waals surface area contributed by atoms with Crippen LogP contribution >= 0.6 is 0 Å². The maximum Gasteiger partial charge on any atom is 0.119 e. The van der Waals surface area contributed by atoms with Gasteiger partial charge in [0.2, 0.25) is 0 Å². The second kappa shape index (κ2) is 7.12. The Hall–Kier alpha value is -3.23. The first-order valence-electron chi connectivity index (χ1n) is 7.74. The number of nitrogens with zero attached hydrogens (tertiary/aromatic N) is 1. The van der Waals surface area contributed by atoms with Crippen LogP contribution in [0.25, 0.3) is 22.6 Å². The second-order valence-corrected chi connectivity index (χ2v) is 5.56.